The van der Waals surface area contributed by atoms with Gasteiger partial charge in [-0.25, -0.2) is 22.6 Å². The Morgan fingerprint density at radius 1 is 1.24 bits per heavy atom. The summed E-state index contributed by atoms with van der Waals surface area (Å²) in [6.45, 7) is 3.65. The minimum absolute atomic E-state index is 0.0416. The van der Waals surface area contributed by atoms with Crippen LogP contribution >= 0.6 is 11.6 Å². The van der Waals surface area contributed by atoms with Crippen molar-refractivity contribution in [2.45, 2.75) is 31.4 Å². The van der Waals surface area contributed by atoms with E-state index in [1.807, 2.05) is 11.5 Å². The van der Waals surface area contributed by atoms with Crippen LogP contribution in [0.15, 0.2) is 41.3 Å². The fraction of sp³-hybridized carbons (Fsp3) is 0.364. The topological polar surface area (TPSA) is 90.7 Å². The minimum atomic E-state index is -3.68. The average Bonchev–Trinajstić information content (AvgIpc) is 3.15. The smallest absolute Gasteiger partial charge is 0.343 e. The highest BCUT2D eigenvalue weighted by atomic mass is 35.5. The van der Waals surface area contributed by atoms with E-state index in [0.29, 0.717) is 49.7 Å². The first kappa shape index (κ1) is 23.6. The molecule has 1 fully saturated rings. The highest BCUT2D eigenvalue weighted by Crippen LogP contribution is 2.25. The first-order valence-electron chi connectivity index (χ1n) is 10.5. The summed E-state index contributed by atoms with van der Waals surface area (Å²) in [5, 5.41) is -0.0416. The molecule has 0 radical (unpaired) electrons. The summed E-state index contributed by atoms with van der Waals surface area (Å²) < 4.78 is 53.8. The quantitative estimate of drug-likeness (QED) is 0.465. The van der Waals surface area contributed by atoms with E-state index in [1.165, 1.54) is 22.5 Å². The van der Waals surface area contributed by atoms with Crippen LogP contribution in [-0.2, 0) is 32.6 Å². The lowest BCUT2D eigenvalue weighted by atomic mass is 10.2. The van der Waals surface area contributed by atoms with Crippen molar-refractivity contribution in [3.63, 3.8) is 0 Å². The molecular formula is C22H23ClFN3O5S. The Balaban J connectivity index is 1.63. The van der Waals surface area contributed by atoms with Crippen LogP contribution in [0.2, 0.25) is 5.02 Å². The van der Waals surface area contributed by atoms with E-state index in [-0.39, 0.29) is 22.1 Å². The molecule has 0 atom stereocenters. The zero-order valence-corrected chi connectivity index (χ0v) is 19.5. The second-order valence-corrected chi connectivity index (χ2v) is 9.86. The van der Waals surface area contributed by atoms with Gasteiger partial charge in [-0.15, -0.1) is 0 Å². The zero-order chi connectivity index (χ0) is 23.6. The molecule has 0 saturated carbocycles. The summed E-state index contributed by atoms with van der Waals surface area (Å²) in [7, 11) is -3.68. The largest absolute Gasteiger partial charge is 0.454 e. The van der Waals surface area contributed by atoms with Gasteiger partial charge in [-0.3, -0.25) is 0 Å². The van der Waals surface area contributed by atoms with E-state index >= 15 is 0 Å². The molecule has 1 aromatic heterocycles. The number of hydrogen-bond donors (Lipinski definition) is 0. The third kappa shape index (κ3) is 4.74. The molecule has 2 heterocycles. The summed E-state index contributed by atoms with van der Waals surface area (Å²) in [6, 6.07) is 8.71. The van der Waals surface area contributed by atoms with Crippen LogP contribution in [-0.4, -0.2) is 54.5 Å². The fourth-order valence-electron chi connectivity index (χ4n) is 3.73. The third-order valence-electron chi connectivity index (χ3n) is 5.35. The lowest BCUT2D eigenvalue weighted by molar-refractivity contribution is 0.0453. The molecule has 0 amide bonds. The molecule has 11 heteroatoms. The van der Waals surface area contributed by atoms with Gasteiger partial charge in [-0.2, -0.15) is 4.31 Å². The number of morpholine rings is 1. The lowest BCUT2D eigenvalue weighted by Gasteiger charge is -2.26. The van der Waals surface area contributed by atoms with Crippen LogP contribution in [0.3, 0.4) is 0 Å². The van der Waals surface area contributed by atoms with Crippen molar-refractivity contribution in [3.05, 3.63) is 58.6 Å². The first-order chi connectivity index (χ1) is 15.8. The number of carbonyl (C=O) groups is 1. The van der Waals surface area contributed by atoms with E-state index in [1.54, 1.807) is 12.1 Å². The van der Waals surface area contributed by atoms with Crippen molar-refractivity contribution in [2.75, 3.05) is 26.3 Å². The molecule has 33 heavy (non-hydrogen) atoms. The third-order valence-corrected chi connectivity index (χ3v) is 7.56. The number of halogens is 2. The van der Waals surface area contributed by atoms with Crippen molar-refractivity contribution in [1.82, 2.24) is 13.9 Å². The number of aromatic nitrogens is 2. The number of fused-ring (bicyclic) bond motifs is 1. The number of ether oxygens (including phenoxy) is 2. The Labute approximate surface area is 195 Å². The molecule has 2 aromatic carbocycles. The molecule has 1 aliphatic rings. The predicted octanol–water partition coefficient (Wildman–Crippen LogP) is 3.62. The van der Waals surface area contributed by atoms with Gasteiger partial charge in [0.05, 0.1) is 34.2 Å². The maximum absolute atomic E-state index is 14.0. The zero-order valence-electron chi connectivity index (χ0n) is 18.0. The summed E-state index contributed by atoms with van der Waals surface area (Å²) >= 11 is 5.95. The SMILES string of the molecule is CCCn1c(COC(=O)c2c(F)cccc2Cl)nc2cc(S(=O)(=O)N3CCOCC3)ccc21. The second kappa shape index (κ2) is 9.76. The molecule has 0 bridgehead atoms. The Bertz CT molecular complexity index is 1270. The molecule has 0 spiro atoms. The van der Waals surface area contributed by atoms with Gasteiger partial charge < -0.3 is 14.0 Å². The molecule has 1 saturated heterocycles. The number of benzene rings is 2. The number of aryl methyl sites for hydroxylation is 1. The number of rotatable bonds is 7. The van der Waals surface area contributed by atoms with Gasteiger partial charge in [0.1, 0.15) is 23.8 Å². The van der Waals surface area contributed by atoms with Gasteiger partial charge in [-0.05, 0) is 36.8 Å². The highest BCUT2D eigenvalue weighted by molar-refractivity contribution is 7.89. The number of esters is 1. The Morgan fingerprint density at radius 2 is 2.00 bits per heavy atom. The maximum atomic E-state index is 14.0. The maximum Gasteiger partial charge on any atom is 0.343 e. The van der Waals surface area contributed by atoms with Crippen molar-refractivity contribution >= 4 is 38.6 Å². The number of imidazole rings is 1. The Kier molecular flexibility index (Phi) is 6.99. The highest BCUT2D eigenvalue weighted by Gasteiger charge is 2.27. The standard InChI is InChI=1S/C22H23ClFN3O5S/c1-2-8-27-19-7-6-15(33(29,30)26-9-11-31-12-10-26)13-18(19)25-20(27)14-32-22(28)21-16(23)4-3-5-17(21)24/h3-7,13H,2,8-12,14H2,1H3. The molecule has 3 aromatic rings. The molecule has 4 rings (SSSR count). The summed E-state index contributed by atoms with van der Waals surface area (Å²) in [4.78, 5) is 17.1. The number of sulfonamides is 1. The molecular weight excluding hydrogens is 473 g/mol. The van der Waals surface area contributed by atoms with Crippen LogP contribution in [0.4, 0.5) is 4.39 Å². The number of carbonyl (C=O) groups excluding carboxylic acids is 1. The Morgan fingerprint density at radius 3 is 2.70 bits per heavy atom. The minimum Gasteiger partial charge on any atom is -0.454 e. The van der Waals surface area contributed by atoms with Gasteiger partial charge in [0.15, 0.2) is 0 Å². The van der Waals surface area contributed by atoms with E-state index in [4.69, 9.17) is 21.1 Å². The second-order valence-electron chi connectivity index (χ2n) is 7.52. The number of hydrogen-bond acceptors (Lipinski definition) is 6. The molecule has 0 N–H and O–H groups in total. The van der Waals surface area contributed by atoms with Crippen LogP contribution in [0.25, 0.3) is 11.0 Å². The molecule has 0 aliphatic carbocycles. The van der Waals surface area contributed by atoms with Crippen molar-refractivity contribution < 1.29 is 27.1 Å². The van der Waals surface area contributed by atoms with Crippen LogP contribution in [0.5, 0.6) is 0 Å². The molecule has 1 aliphatic heterocycles. The first-order valence-corrected chi connectivity index (χ1v) is 12.3. The average molecular weight is 496 g/mol. The van der Waals surface area contributed by atoms with E-state index in [0.717, 1.165) is 12.5 Å². The van der Waals surface area contributed by atoms with E-state index in [9.17, 15) is 17.6 Å². The van der Waals surface area contributed by atoms with Gasteiger partial charge in [0, 0.05) is 19.6 Å². The normalized spacial score (nSPS) is 15.1. The monoisotopic (exact) mass is 495 g/mol. The summed E-state index contributed by atoms with van der Waals surface area (Å²) in [6.07, 6.45) is 0.777. The Hall–Kier alpha value is -2.53. The van der Waals surface area contributed by atoms with E-state index in [2.05, 4.69) is 4.98 Å². The van der Waals surface area contributed by atoms with Gasteiger partial charge in [0.25, 0.3) is 0 Å². The predicted molar refractivity (Wildman–Crippen MR) is 120 cm³/mol. The van der Waals surface area contributed by atoms with Crippen molar-refractivity contribution in [2.24, 2.45) is 0 Å². The fourth-order valence-corrected chi connectivity index (χ4v) is 5.40. The van der Waals surface area contributed by atoms with Crippen LogP contribution < -0.4 is 0 Å². The molecule has 176 valence electrons. The summed E-state index contributed by atoms with van der Waals surface area (Å²) in [5.74, 6) is -1.25. The van der Waals surface area contributed by atoms with Crippen molar-refractivity contribution in [3.8, 4) is 0 Å². The molecule has 8 nitrogen and oxygen atoms in total. The molecule has 0 unspecified atom stereocenters. The van der Waals surface area contributed by atoms with Gasteiger partial charge in [0.2, 0.25) is 10.0 Å². The van der Waals surface area contributed by atoms with Crippen LogP contribution in [0, 0.1) is 5.82 Å². The number of nitrogens with zero attached hydrogens (tertiary/aromatic N) is 3. The van der Waals surface area contributed by atoms with Crippen LogP contribution in [0.1, 0.15) is 29.5 Å². The lowest BCUT2D eigenvalue weighted by Crippen LogP contribution is -2.40. The van der Waals surface area contributed by atoms with Crippen molar-refractivity contribution in [1.29, 1.82) is 0 Å². The van der Waals surface area contributed by atoms with E-state index < -0.39 is 21.8 Å². The van der Waals surface area contributed by atoms with Gasteiger partial charge in [-0.1, -0.05) is 24.6 Å². The van der Waals surface area contributed by atoms with Gasteiger partial charge >= 0.3 is 5.97 Å². The summed E-state index contributed by atoms with van der Waals surface area (Å²) in [5.41, 5.74) is 0.844.